The summed E-state index contributed by atoms with van der Waals surface area (Å²) in [7, 11) is -1.90. The molecule has 0 saturated carbocycles. The van der Waals surface area contributed by atoms with E-state index in [0.29, 0.717) is 18.5 Å². The molecular formula is C13H17FN4O2S. The second-order valence-electron chi connectivity index (χ2n) is 4.53. The lowest BCUT2D eigenvalue weighted by Crippen LogP contribution is -2.27. The number of aromatic nitrogens is 2. The Hall–Kier alpha value is -1.77. The number of H-pyrrole nitrogens is 1. The summed E-state index contributed by atoms with van der Waals surface area (Å²) in [5, 5.41) is 9.20. The SMILES string of the molecule is CNCc1cn[nH]c1S(=O)(=O)NCCc1ccc(F)cc1. The summed E-state index contributed by atoms with van der Waals surface area (Å²) >= 11 is 0. The Balaban J connectivity index is 1.98. The molecule has 1 aromatic heterocycles. The van der Waals surface area contributed by atoms with Crippen LogP contribution < -0.4 is 10.0 Å². The van der Waals surface area contributed by atoms with E-state index in [-0.39, 0.29) is 17.4 Å². The van der Waals surface area contributed by atoms with Crippen molar-refractivity contribution in [2.45, 2.75) is 18.0 Å². The van der Waals surface area contributed by atoms with E-state index in [0.717, 1.165) is 5.56 Å². The average Bonchev–Trinajstić information content (AvgIpc) is 2.90. The first-order valence-corrected chi connectivity index (χ1v) is 7.92. The standard InChI is InChI=1S/C13H17FN4O2S/c1-15-8-11-9-16-18-13(11)21(19,20)17-7-6-10-2-4-12(14)5-3-10/h2-5,9,15,17H,6-8H2,1H3,(H,16,18). The van der Waals surface area contributed by atoms with Gasteiger partial charge in [0.05, 0.1) is 6.20 Å². The highest BCUT2D eigenvalue weighted by atomic mass is 32.2. The summed E-state index contributed by atoms with van der Waals surface area (Å²) in [6.45, 7) is 0.636. The Morgan fingerprint density at radius 3 is 2.67 bits per heavy atom. The third-order valence-corrected chi connectivity index (χ3v) is 4.41. The van der Waals surface area contributed by atoms with Crippen LogP contribution in [0.1, 0.15) is 11.1 Å². The van der Waals surface area contributed by atoms with Gasteiger partial charge < -0.3 is 5.32 Å². The smallest absolute Gasteiger partial charge is 0.257 e. The second-order valence-corrected chi connectivity index (χ2v) is 6.23. The number of hydrogen-bond acceptors (Lipinski definition) is 4. The van der Waals surface area contributed by atoms with Crippen LogP contribution >= 0.6 is 0 Å². The summed E-state index contributed by atoms with van der Waals surface area (Å²) in [6, 6.07) is 5.96. The molecule has 21 heavy (non-hydrogen) atoms. The van der Waals surface area contributed by atoms with Crippen LogP contribution in [0.4, 0.5) is 4.39 Å². The zero-order chi connectivity index (χ0) is 15.3. The third-order valence-electron chi connectivity index (χ3n) is 2.93. The maximum Gasteiger partial charge on any atom is 0.257 e. The van der Waals surface area contributed by atoms with Crippen LogP contribution in [0, 0.1) is 5.82 Å². The normalized spacial score (nSPS) is 11.7. The van der Waals surface area contributed by atoms with Gasteiger partial charge in [0.25, 0.3) is 10.0 Å². The predicted octanol–water partition coefficient (Wildman–Crippen LogP) is 0.789. The second kappa shape index (κ2) is 6.79. The van der Waals surface area contributed by atoms with Crippen molar-refractivity contribution in [1.82, 2.24) is 20.2 Å². The lowest BCUT2D eigenvalue weighted by Gasteiger charge is -2.07. The number of hydrogen-bond donors (Lipinski definition) is 3. The number of benzene rings is 1. The van der Waals surface area contributed by atoms with Crippen LogP contribution in [-0.4, -0.2) is 32.2 Å². The molecule has 2 aromatic rings. The Bertz CT molecular complexity index is 682. The molecule has 0 fully saturated rings. The van der Waals surface area contributed by atoms with Gasteiger partial charge in [-0.3, -0.25) is 5.10 Å². The predicted molar refractivity (Wildman–Crippen MR) is 76.6 cm³/mol. The fourth-order valence-corrected chi connectivity index (χ4v) is 3.06. The largest absolute Gasteiger partial charge is 0.316 e. The van der Waals surface area contributed by atoms with Crippen LogP contribution in [0.5, 0.6) is 0 Å². The average molecular weight is 312 g/mol. The van der Waals surface area contributed by atoms with Gasteiger partial charge >= 0.3 is 0 Å². The van der Waals surface area contributed by atoms with Crippen LogP contribution in [0.3, 0.4) is 0 Å². The van der Waals surface area contributed by atoms with Gasteiger partial charge in [-0.15, -0.1) is 0 Å². The molecule has 0 saturated heterocycles. The first-order chi connectivity index (χ1) is 10.0. The topological polar surface area (TPSA) is 86.9 Å². The lowest BCUT2D eigenvalue weighted by molar-refractivity contribution is 0.575. The molecule has 1 heterocycles. The van der Waals surface area contributed by atoms with Crippen LogP contribution in [0.15, 0.2) is 35.5 Å². The van der Waals surface area contributed by atoms with E-state index in [1.54, 1.807) is 19.2 Å². The van der Waals surface area contributed by atoms with Crippen molar-refractivity contribution >= 4 is 10.0 Å². The van der Waals surface area contributed by atoms with Gasteiger partial charge in [-0.2, -0.15) is 5.10 Å². The number of halogens is 1. The third kappa shape index (κ3) is 4.10. The molecule has 0 bridgehead atoms. The molecule has 0 unspecified atom stereocenters. The molecule has 0 aliphatic rings. The van der Waals surface area contributed by atoms with Gasteiger partial charge in [-0.1, -0.05) is 12.1 Å². The molecule has 0 amide bonds. The maximum absolute atomic E-state index is 12.8. The first kappa shape index (κ1) is 15.6. The highest BCUT2D eigenvalue weighted by Crippen LogP contribution is 2.11. The molecule has 2 rings (SSSR count). The van der Waals surface area contributed by atoms with Crippen molar-refractivity contribution in [3.05, 3.63) is 47.4 Å². The molecule has 0 atom stereocenters. The fourth-order valence-electron chi connectivity index (χ4n) is 1.90. The molecule has 8 heteroatoms. The van der Waals surface area contributed by atoms with Gasteiger partial charge in [0.2, 0.25) is 0 Å². The Morgan fingerprint density at radius 1 is 1.29 bits per heavy atom. The van der Waals surface area contributed by atoms with E-state index in [1.807, 2.05) is 0 Å². The van der Waals surface area contributed by atoms with E-state index in [4.69, 9.17) is 0 Å². The minimum absolute atomic E-state index is 0.0657. The van der Waals surface area contributed by atoms with E-state index in [2.05, 4.69) is 20.2 Å². The van der Waals surface area contributed by atoms with Gasteiger partial charge in [-0.25, -0.2) is 17.5 Å². The minimum Gasteiger partial charge on any atom is -0.316 e. The van der Waals surface area contributed by atoms with Crippen LogP contribution in [-0.2, 0) is 23.0 Å². The van der Waals surface area contributed by atoms with Crippen molar-refractivity contribution in [3.63, 3.8) is 0 Å². The summed E-state index contributed by atoms with van der Waals surface area (Å²) in [4.78, 5) is 0. The number of nitrogens with zero attached hydrogens (tertiary/aromatic N) is 1. The number of rotatable bonds is 7. The van der Waals surface area contributed by atoms with Gasteiger partial charge in [0.15, 0.2) is 5.03 Å². The minimum atomic E-state index is -3.63. The van der Waals surface area contributed by atoms with E-state index >= 15 is 0 Å². The van der Waals surface area contributed by atoms with Crippen LogP contribution in [0.25, 0.3) is 0 Å². The number of sulfonamides is 1. The highest BCUT2D eigenvalue weighted by Gasteiger charge is 2.19. The summed E-state index contributed by atoms with van der Waals surface area (Å²) in [5.41, 5.74) is 1.44. The Morgan fingerprint density at radius 2 is 2.00 bits per heavy atom. The summed E-state index contributed by atoms with van der Waals surface area (Å²) < 4.78 is 39.6. The van der Waals surface area contributed by atoms with E-state index in [9.17, 15) is 12.8 Å². The number of aromatic amines is 1. The molecule has 0 spiro atoms. The summed E-state index contributed by atoms with van der Waals surface area (Å²) in [6.07, 6.45) is 1.96. The number of nitrogens with one attached hydrogen (secondary N) is 3. The molecule has 0 aliphatic heterocycles. The molecule has 0 aliphatic carbocycles. The van der Waals surface area contributed by atoms with Crippen molar-refractivity contribution < 1.29 is 12.8 Å². The van der Waals surface area contributed by atoms with Gasteiger partial charge in [0, 0.05) is 18.7 Å². The van der Waals surface area contributed by atoms with E-state index in [1.165, 1.54) is 18.3 Å². The first-order valence-electron chi connectivity index (χ1n) is 6.44. The van der Waals surface area contributed by atoms with Crippen molar-refractivity contribution in [1.29, 1.82) is 0 Å². The quantitative estimate of drug-likeness (QED) is 0.705. The molecule has 3 N–H and O–H groups in total. The van der Waals surface area contributed by atoms with Crippen LogP contribution in [0.2, 0.25) is 0 Å². The highest BCUT2D eigenvalue weighted by molar-refractivity contribution is 7.89. The fraction of sp³-hybridized carbons (Fsp3) is 0.308. The van der Waals surface area contributed by atoms with Gasteiger partial charge in [0.1, 0.15) is 5.82 Å². The molecule has 114 valence electrons. The van der Waals surface area contributed by atoms with Crippen molar-refractivity contribution in [2.75, 3.05) is 13.6 Å². The Kier molecular flexibility index (Phi) is 5.05. The van der Waals surface area contributed by atoms with E-state index < -0.39 is 10.0 Å². The van der Waals surface area contributed by atoms with Gasteiger partial charge in [-0.05, 0) is 31.2 Å². The zero-order valence-electron chi connectivity index (χ0n) is 11.6. The molecule has 6 nitrogen and oxygen atoms in total. The molecular weight excluding hydrogens is 295 g/mol. The maximum atomic E-state index is 12.8. The Labute approximate surface area is 122 Å². The monoisotopic (exact) mass is 312 g/mol. The van der Waals surface area contributed by atoms with Crippen molar-refractivity contribution in [3.8, 4) is 0 Å². The lowest BCUT2D eigenvalue weighted by atomic mass is 10.1. The molecule has 0 radical (unpaired) electrons. The van der Waals surface area contributed by atoms with Crippen molar-refractivity contribution in [2.24, 2.45) is 0 Å². The summed E-state index contributed by atoms with van der Waals surface area (Å²) in [5.74, 6) is -0.312. The molecule has 1 aromatic carbocycles. The zero-order valence-corrected chi connectivity index (χ0v) is 12.4.